The molecule has 0 bridgehead atoms. The normalized spacial score (nSPS) is 26.5. The van der Waals surface area contributed by atoms with Crippen molar-refractivity contribution < 1.29 is 34.8 Å². The summed E-state index contributed by atoms with van der Waals surface area (Å²) < 4.78 is 0. The van der Waals surface area contributed by atoms with E-state index in [2.05, 4.69) is 5.32 Å². The second kappa shape index (κ2) is 10.3. The first-order valence-corrected chi connectivity index (χ1v) is 13.6. The molecule has 1 fully saturated rings. The van der Waals surface area contributed by atoms with Gasteiger partial charge in [0.25, 0.3) is 5.91 Å². The third-order valence-corrected chi connectivity index (χ3v) is 9.10. The lowest BCUT2D eigenvalue weighted by molar-refractivity contribution is -0.153. The van der Waals surface area contributed by atoms with Gasteiger partial charge in [-0.05, 0) is 62.5 Å². The van der Waals surface area contributed by atoms with Crippen molar-refractivity contribution in [2.24, 2.45) is 17.6 Å². The van der Waals surface area contributed by atoms with E-state index in [0.717, 1.165) is 5.56 Å². The fourth-order valence-corrected chi connectivity index (χ4v) is 6.89. The predicted molar refractivity (Wildman–Crippen MR) is 151 cm³/mol. The summed E-state index contributed by atoms with van der Waals surface area (Å²) in [5, 5.41) is 48.6. The smallest absolute Gasteiger partial charge is 0.255 e. The van der Waals surface area contributed by atoms with Crippen LogP contribution in [0.5, 0.6) is 5.75 Å². The number of likely N-dealkylation sites (N-methyl/N-ethyl adjacent to an activating group) is 1. The van der Waals surface area contributed by atoms with Crippen molar-refractivity contribution in [3.63, 3.8) is 0 Å². The number of Topliss-reactive ketones (excluding diaryl/α,β-unsaturated/α-hetero) is 2. The van der Waals surface area contributed by atoms with E-state index in [1.54, 1.807) is 14.1 Å². The lowest BCUT2D eigenvalue weighted by atomic mass is 9.57. The minimum Gasteiger partial charge on any atom is -0.508 e. The first-order chi connectivity index (χ1) is 19.3. The van der Waals surface area contributed by atoms with Crippen LogP contribution >= 0.6 is 11.6 Å². The fraction of sp³-hybridized carbons (Fsp3) is 0.367. The minimum atomic E-state index is -2.68. The number of benzene rings is 2. The van der Waals surface area contributed by atoms with Crippen LogP contribution in [0.1, 0.15) is 41.6 Å². The molecular weight excluding hydrogens is 550 g/mol. The number of nitrogens with zero attached hydrogens (tertiary/aromatic N) is 1. The standard InChI is InChI=1S/C30H32ClN3O7/c1-13(14-7-5-4-6-8-14)33-12-16-11-19(35)21-17(23(16)31)9-15-10-18-24(34(2)3)26(37)22(29(32)40)28(39)30(18,41)27(38)20(15)25(21)36/h4-8,11,13,15,18,24,33,35-36,39,41H,9-10,12H2,1-3H3,(H2,32,40)/t13?,15-,18-,24-,30-/m0/s1. The van der Waals surface area contributed by atoms with E-state index in [0.29, 0.717) is 22.7 Å². The van der Waals surface area contributed by atoms with E-state index in [1.165, 1.54) is 11.0 Å². The number of phenolic OH excluding ortho intramolecular Hbond substituents is 1. The molecule has 2 aromatic rings. The summed E-state index contributed by atoms with van der Waals surface area (Å²) in [7, 11) is 3.11. The zero-order chi connectivity index (χ0) is 30.0. The van der Waals surface area contributed by atoms with Crippen molar-refractivity contribution in [2.45, 2.75) is 44.0 Å². The quantitative estimate of drug-likeness (QED) is 0.280. The summed E-state index contributed by atoms with van der Waals surface area (Å²) in [4.78, 5) is 40.7. The second-order valence-corrected chi connectivity index (χ2v) is 11.6. The number of aromatic hydroxyl groups is 1. The number of primary amides is 1. The maximum Gasteiger partial charge on any atom is 0.255 e. The molecule has 7 N–H and O–H groups in total. The molecule has 0 aromatic heterocycles. The van der Waals surface area contributed by atoms with Crippen molar-refractivity contribution in [3.05, 3.63) is 80.6 Å². The Hall–Kier alpha value is -3.70. The number of phenols is 1. The Morgan fingerprint density at radius 2 is 1.85 bits per heavy atom. The number of aliphatic hydroxyl groups is 3. The molecule has 216 valence electrons. The summed E-state index contributed by atoms with van der Waals surface area (Å²) in [5.74, 6) is -6.97. The van der Waals surface area contributed by atoms with Crippen molar-refractivity contribution >= 4 is 34.8 Å². The number of nitrogens with two attached hydrogens (primary N) is 1. The number of hydrogen-bond donors (Lipinski definition) is 6. The number of halogens is 1. The van der Waals surface area contributed by atoms with Crippen LogP contribution in [-0.4, -0.2) is 68.5 Å². The Balaban J connectivity index is 1.57. The van der Waals surface area contributed by atoms with Crippen LogP contribution in [0.3, 0.4) is 0 Å². The monoisotopic (exact) mass is 581 g/mol. The molecule has 5 rings (SSSR count). The summed E-state index contributed by atoms with van der Waals surface area (Å²) >= 11 is 6.82. The Morgan fingerprint density at radius 1 is 1.20 bits per heavy atom. The molecule has 1 saturated carbocycles. The maximum absolute atomic E-state index is 13.9. The molecular formula is C30H32ClN3O7. The van der Waals surface area contributed by atoms with Crippen LogP contribution in [0, 0.1) is 11.8 Å². The van der Waals surface area contributed by atoms with Gasteiger partial charge in [-0.1, -0.05) is 41.9 Å². The zero-order valence-corrected chi connectivity index (χ0v) is 23.6. The zero-order valence-electron chi connectivity index (χ0n) is 22.8. The molecule has 41 heavy (non-hydrogen) atoms. The average molecular weight is 582 g/mol. The van der Waals surface area contributed by atoms with E-state index < -0.39 is 58.0 Å². The highest BCUT2D eigenvalue weighted by atomic mass is 35.5. The SMILES string of the molecule is CC(NCc1cc(O)c2c(c1Cl)C[C@H]1C[C@H]3[C@H](N(C)C)C(=O)C(C(N)=O)=C(O)[C@@]3(O)C(=O)C1=C2O)c1ccccc1. The molecule has 10 nitrogen and oxygen atoms in total. The molecule has 1 amide bonds. The van der Waals surface area contributed by atoms with Crippen molar-refractivity contribution in [1.82, 2.24) is 10.2 Å². The number of aliphatic hydroxyl groups excluding tert-OH is 2. The van der Waals surface area contributed by atoms with Gasteiger partial charge in [-0.15, -0.1) is 0 Å². The van der Waals surface area contributed by atoms with Crippen LogP contribution < -0.4 is 11.1 Å². The molecule has 0 heterocycles. The van der Waals surface area contributed by atoms with Gasteiger partial charge in [0.2, 0.25) is 5.78 Å². The van der Waals surface area contributed by atoms with Gasteiger partial charge in [-0.2, -0.15) is 0 Å². The highest BCUT2D eigenvalue weighted by Crippen LogP contribution is 2.53. The van der Waals surface area contributed by atoms with Crippen molar-refractivity contribution in [2.75, 3.05) is 14.1 Å². The summed E-state index contributed by atoms with van der Waals surface area (Å²) in [6.45, 7) is 2.31. The van der Waals surface area contributed by atoms with Gasteiger partial charge in [-0.25, -0.2) is 0 Å². The van der Waals surface area contributed by atoms with Crippen molar-refractivity contribution in [1.29, 1.82) is 0 Å². The third-order valence-electron chi connectivity index (χ3n) is 8.63. The van der Waals surface area contributed by atoms with E-state index in [9.17, 15) is 34.8 Å². The highest BCUT2D eigenvalue weighted by molar-refractivity contribution is 6.32. The van der Waals surface area contributed by atoms with Gasteiger partial charge < -0.3 is 31.5 Å². The Morgan fingerprint density at radius 3 is 2.46 bits per heavy atom. The largest absolute Gasteiger partial charge is 0.508 e. The lowest BCUT2D eigenvalue weighted by Gasteiger charge is -2.50. The molecule has 5 atom stereocenters. The lowest BCUT2D eigenvalue weighted by Crippen LogP contribution is -2.65. The Bertz CT molecular complexity index is 1530. The van der Waals surface area contributed by atoms with Gasteiger partial charge in [0.05, 0.1) is 11.6 Å². The average Bonchev–Trinajstić information content (AvgIpc) is 2.91. The number of rotatable bonds is 6. The number of carbonyl (C=O) groups is 3. The number of ketones is 2. The predicted octanol–water partition coefficient (Wildman–Crippen LogP) is 2.47. The van der Waals surface area contributed by atoms with E-state index >= 15 is 0 Å². The van der Waals surface area contributed by atoms with E-state index in [-0.39, 0.29) is 35.8 Å². The van der Waals surface area contributed by atoms with Crippen molar-refractivity contribution in [3.8, 4) is 5.75 Å². The summed E-state index contributed by atoms with van der Waals surface area (Å²) in [5.41, 5.74) is 3.66. The van der Waals surface area contributed by atoms with Gasteiger partial charge in [0, 0.05) is 29.1 Å². The molecule has 0 aliphatic heterocycles. The Labute approximate surface area is 241 Å². The highest BCUT2D eigenvalue weighted by Gasteiger charge is 2.64. The van der Waals surface area contributed by atoms with Gasteiger partial charge in [-0.3, -0.25) is 19.3 Å². The molecule has 2 aromatic carbocycles. The number of amides is 1. The molecule has 3 aliphatic rings. The topological polar surface area (TPSA) is 173 Å². The van der Waals surface area contributed by atoms with Crippen LogP contribution in [0.4, 0.5) is 0 Å². The van der Waals surface area contributed by atoms with E-state index in [1.807, 2.05) is 37.3 Å². The second-order valence-electron chi connectivity index (χ2n) is 11.2. The minimum absolute atomic E-state index is 0.00360. The van der Waals surface area contributed by atoms with Crippen LogP contribution in [0.2, 0.25) is 5.02 Å². The van der Waals surface area contributed by atoms with Crippen LogP contribution in [0.25, 0.3) is 5.76 Å². The number of nitrogens with one attached hydrogen (secondary N) is 1. The van der Waals surface area contributed by atoms with Gasteiger partial charge in [0.1, 0.15) is 22.8 Å². The van der Waals surface area contributed by atoms with Crippen LogP contribution in [-0.2, 0) is 27.3 Å². The number of hydrogen-bond acceptors (Lipinski definition) is 9. The van der Waals surface area contributed by atoms with Gasteiger partial charge in [0.15, 0.2) is 11.4 Å². The molecule has 0 spiro atoms. The molecule has 0 radical (unpaired) electrons. The molecule has 1 unspecified atom stereocenters. The first kappa shape index (κ1) is 28.8. The van der Waals surface area contributed by atoms with Crippen LogP contribution in [0.15, 0.2) is 53.3 Å². The van der Waals surface area contributed by atoms with Gasteiger partial charge >= 0.3 is 0 Å². The van der Waals surface area contributed by atoms with E-state index in [4.69, 9.17) is 17.3 Å². The molecule has 3 aliphatic carbocycles. The summed E-state index contributed by atoms with van der Waals surface area (Å²) in [6.07, 6.45) is 0.124. The fourth-order valence-electron chi connectivity index (χ4n) is 6.60. The molecule has 0 saturated heterocycles. The molecule has 11 heteroatoms. The summed E-state index contributed by atoms with van der Waals surface area (Å²) in [6, 6.07) is 10.0. The third kappa shape index (κ3) is 4.33. The number of fused-ring (bicyclic) bond motifs is 3. The maximum atomic E-state index is 13.9. The Kier molecular flexibility index (Phi) is 7.23. The number of carbonyl (C=O) groups excluding carboxylic acids is 3. The first-order valence-electron chi connectivity index (χ1n) is 13.3.